The molecule has 6 nitrogen and oxygen atoms in total. The summed E-state index contributed by atoms with van der Waals surface area (Å²) in [4.78, 5) is 27.3. The number of halogens is 1. The number of hydrogen-bond donors (Lipinski definition) is 2. The van der Waals surface area contributed by atoms with Gasteiger partial charge >= 0.3 is 11.8 Å². The van der Waals surface area contributed by atoms with Crippen LogP contribution in [0.25, 0.3) is 0 Å². The van der Waals surface area contributed by atoms with Crippen LogP contribution in [-0.4, -0.2) is 66.1 Å². The van der Waals surface area contributed by atoms with Crippen molar-refractivity contribution in [3.05, 3.63) is 30.1 Å². The molecule has 1 aliphatic heterocycles. The van der Waals surface area contributed by atoms with Gasteiger partial charge in [0.1, 0.15) is 5.82 Å². The third kappa shape index (κ3) is 4.24. The van der Waals surface area contributed by atoms with Crippen molar-refractivity contribution in [1.29, 1.82) is 0 Å². The highest BCUT2D eigenvalue weighted by Crippen LogP contribution is 2.10. The van der Waals surface area contributed by atoms with Gasteiger partial charge in [0.2, 0.25) is 0 Å². The smallest absolute Gasteiger partial charge is 0.313 e. The molecule has 0 spiro atoms. The van der Waals surface area contributed by atoms with Gasteiger partial charge < -0.3 is 15.3 Å². The van der Waals surface area contributed by atoms with Crippen LogP contribution in [-0.2, 0) is 9.59 Å². The number of rotatable bonds is 3. The fourth-order valence-corrected chi connectivity index (χ4v) is 2.21. The molecule has 0 atom stereocenters. The summed E-state index contributed by atoms with van der Waals surface area (Å²) in [5.41, 5.74) is 0.257. The third-order valence-corrected chi connectivity index (χ3v) is 3.35. The summed E-state index contributed by atoms with van der Waals surface area (Å²) in [5, 5.41) is 11.2. The first-order chi connectivity index (χ1) is 10.1. The topological polar surface area (TPSA) is 72.9 Å². The number of aliphatic hydroxyl groups is 1. The Bertz CT molecular complexity index is 516. The van der Waals surface area contributed by atoms with Crippen LogP contribution in [0.5, 0.6) is 0 Å². The average molecular weight is 295 g/mol. The minimum absolute atomic E-state index is 0.0774. The number of hydrogen-bond acceptors (Lipinski definition) is 4. The van der Waals surface area contributed by atoms with Crippen LogP contribution < -0.4 is 5.32 Å². The number of anilines is 1. The Hall–Kier alpha value is -1.99. The lowest BCUT2D eigenvalue weighted by atomic mass is 10.3. The predicted molar refractivity (Wildman–Crippen MR) is 75.1 cm³/mol. The number of aliphatic hydroxyl groups excluding tert-OH is 1. The monoisotopic (exact) mass is 295 g/mol. The van der Waals surface area contributed by atoms with E-state index in [4.69, 9.17) is 5.11 Å². The van der Waals surface area contributed by atoms with Crippen LogP contribution in [0.2, 0.25) is 0 Å². The van der Waals surface area contributed by atoms with Gasteiger partial charge in [-0.1, -0.05) is 6.07 Å². The van der Waals surface area contributed by atoms with E-state index in [1.165, 1.54) is 23.1 Å². The molecule has 0 saturated carbocycles. The standard InChI is InChI=1S/C14H18FN3O3/c15-11-2-1-3-12(10-11)16-13(20)14(21)18-6-4-17(5-7-18)8-9-19/h1-3,10,19H,4-9H2,(H,16,20). The molecular weight excluding hydrogens is 277 g/mol. The quantitative estimate of drug-likeness (QED) is 0.764. The van der Waals surface area contributed by atoms with Crippen molar-refractivity contribution in [2.45, 2.75) is 0 Å². The van der Waals surface area contributed by atoms with E-state index >= 15 is 0 Å². The fourth-order valence-electron chi connectivity index (χ4n) is 2.21. The Kier molecular flexibility index (Phi) is 5.24. The molecule has 2 rings (SSSR count). The van der Waals surface area contributed by atoms with E-state index in [0.29, 0.717) is 32.7 Å². The van der Waals surface area contributed by atoms with Crippen LogP contribution in [0, 0.1) is 5.82 Å². The lowest BCUT2D eigenvalue weighted by Crippen LogP contribution is -2.52. The second-order valence-electron chi connectivity index (χ2n) is 4.82. The Morgan fingerprint density at radius 3 is 2.57 bits per heavy atom. The van der Waals surface area contributed by atoms with Crippen molar-refractivity contribution in [3.63, 3.8) is 0 Å². The van der Waals surface area contributed by atoms with E-state index in [1.54, 1.807) is 0 Å². The highest BCUT2D eigenvalue weighted by atomic mass is 19.1. The van der Waals surface area contributed by atoms with E-state index < -0.39 is 17.6 Å². The molecule has 1 heterocycles. The lowest BCUT2D eigenvalue weighted by molar-refractivity contribution is -0.144. The lowest BCUT2D eigenvalue weighted by Gasteiger charge is -2.33. The molecule has 1 aliphatic rings. The van der Waals surface area contributed by atoms with E-state index in [2.05, 4.69) is 5.32 Å². The number of nitrogens with one attached hydrogen (secondary N) is 1. The average Bonchev–Trinajstić information content (AvgIpc) is 2.47. The molecule has 7 heteroatoms. The Balaban J connectivity index is 1.87. The van der Waals surface area contributed by atoms with Gasteiger partial charge in [-0.3, -0.25) is 14.5 Å². The Morgan fingerprint density at radius 1 is 1.24 bits per heavy atom. The normalized spacial score (nSPS) is 15.8. The second kappa shape index (κ2) is 7.14. The summed E-state index contributed by atoms with van der Waals surface area (Å²) in [5.74, 6) is -1.86. The molecule has 21 heavy (non-hydrogen) atoms. The molecule has 1 fully saturated rings. The summed E-state index contributed by atoms with van der Waals surface area (Å²) in [6.45, 7) is 2.77. The Morgan fingerprint density at radius 2 is 1.95 bits per heavy atom. The first-order valence-electron chi connectivity index (χ1n) is 6.79. The van der Waals surface area contributed by atoms with Crippen molar-refractivity contribution in [1.82, 2.24) is 9.80 Å². The molecule has 0 bridgehead atoms. The fraction of sp³-hybridized carbons (Fsp3) is 0.429. The van der Waals surface area contributed by atoms with Crippen LogP contribution in [0.1, 0.15) is 0 Å². The predicted octanol–water partition coefficient (Wildman–Crippen LogP) is -0.0993. The highest BCUT2D eigenvalue weighted by Gasteiger charge is 2.25. The maximum Gasteiger partial charge on any atom is 0.313 e. The van der Waals surface area contributed by atoms with E-state index in [9.17, 15) is 14.0 Å². The van der Waals surface area contributed by atoms with Crippen molar-refractivity contribution in [2.75, 3.05) is 44.6 Å². The van der Waals surface area contributed by atoms with Crippen molar-refractivity contribution in [3.8, 4) is 0 Å². The summed E-state index contributed by atoms with van der Waals surface area (Å²) >= 11 is 0. The van der Waals surface area contributed by atoms with Crippen LogP contribution >= 0.6 is 0 Å². The number of carbonyl (C=O) groups is 2. The molecule has 0 unspecified atom stereocenters. The minimum atomic E-state index is -0.767. The largest absolute Gasteiger partial charge is 0.395 e. The summed E-state index contributed by atoms with van der Waals surface area (Å²) in [7, 11) is 0. The third-order valence-electron chi connectivity index (χ3n) is 3.35. The van der Waals surface area contributed by atoms with Gasteiger partial charge in [-0.2, -0.15) is 0 Å². The number of piperazine rings is 1. The number of amides is 2. The van der Waals surface area contributed by atoms with E-state index in [-0.39, 0.29) is 12.3 Å². The first-order valence-corrected chi connectivity index (χ1v) is 6.79. The highest BCUT2D eigenvalue weighted by molar-refractivity contribution is 6.39. The molecule has 0 aromatic heterocycles. The summed E-state index contributed by atoms with van der Waals surface area (Å²) in [6, 6.07) is 5.40. The second-order valence-corrected chi connectivity index (χ2v) is 4.82. The minimum Gasteiger partial charge on any atom is -0.395 e. The molecule has 2 N–H and O–H groups in total. The van der Waals surface area contributed by atoms with E-state index in [1.807, 2.05) is 4.90 Å². The maximum atomic E-state index is 13.0. The zero-order valence-electron chi connectivity index (χ0n) is 11.6. The van der Waals surface area contributed by atoms with Crippen molar-refractivity contribution in [2.24, 2.45) is 0 Å². The maximum absolute atomic E-state index is 13.0. The summed E-state index contributed by atoms with van der Waals surface area (Å²) in [6.07, 6.45) is 0. The van der Waals surface area contributed by atoms with E-state index in [0.717, 1.165) is 6.07 Å². The molecule has 1 saturated heterocycles. The molecule has 114 valence electrons. The SMILES string of the molecule is O=C(Nc1cccc(F)c1)C(=O)N1CCN(CCO)CC1. The van der Waals surface area contributed by atoms with Crippen molar-refractivity contribution >= 4 is 17.5 Å². The van der Waals surface area contributed by atoms with Crippen LogP contribution in [0.15, 0.2) is 24.3 Å². The molecule has 1 aromatic rings. The molecule has 2 amide bonds. The number of carbonyl (C=O) groups excluding carboxylic acids is 2. The molecular formula is C14H18FN3O3. The zero-order valence-corrected chi connectivity index (χ0v) is 11.6. The molecule has 0 aliphatic carbocycles. The van der Waals surface area contributed by atoms with Gasteiger partial charge in [-0.15, -0.1) is 0 Å². The van der Waals surface area contributed by atoms with Gasteiger partial charge in [-0.05, 0) is 18.2 Å². The number of β-amino-alcohol motifs (C(OH)–C–C–N with tert-alkyl or cyclic N) is 1. The zero-order chi connectivity index (χ0) is 15.2. The molecule has 0 radical (unpaired) electrons. The number of benzene rings is 1. The van der Waals surface area contributed by atoms with Gasteiger partial charge in [0.15, 0.2) is 0 Å². The summed E-state index contributed by atoms with van der Waals surface area (Å²) < 4.78 is 13.0. The molecule has 1 aromatic carbocycles. The van der Waals surface area contributed by atoms with Gasteiger partial charge in [0, 0.05) is 38.4 Å². The first kappa shape index (κ1) is 15.4. The van der Waals surface area contributed by atoms with Gasteiger partial charge in [-0.25, -0.2) is 4.39 Å². The van der Waals surface area contributed by atoms with Gasteiger partial charge in [0.25, 0.3) is 0 Å². The number of nitrogens with zero attached hydrogens (tertiary/aromatic N) is 2. The van der Waals surface area contributed by atoms with Crippen LogP contribution in [0.4, 0.5) is 10.1 Å². The van der Waals surface area contributed by atoms with Gasteiger partial charge in [0.05, 0.1) is 6.61 Å². The van der Waals surface area contributed by atoms with Crippen molar-refractivity contribution < 1.29 is 19.1 Å². The van der Waals surface area contributed by atoms with Crippen LogP contribution in [0.3, 0.4) is 0 Å². The Labute approximate surface area is 122 Å².